The molecule has 1 fully saturated rings. The topological polar surface area (TPSA) is 72.1 Å². The van der Waals surface area contributed by atoms with Crippen molar-refractivity contribution in [2.75, 3.05) is 19.8 Å². The van der Waals surface area contributed by atoms with Crippen LogP contribution in [0.4, 0.5) is 0 Å². The third-order valence-electron chi connectivity index (χ3n) is 4.88. The van der Waals surface area contributed by atoms with E-state index < -0.39 is 5.97 Å². The molecule has 6 nitrogen and oxygen atoms in total. The van der Waals surface area contributed by atoms with Crippen LogP contribution in [0, 0.1) is 6.92 Å². The molecule has 1 atom stereocenters. The Morgan fingerprint density at radius 2 is 2.16 bits per heavy atom. The fourth-order valence-electron chi connectivity index (χ4n) is 3.76. The zero-order valence-corrected chi connectivity index (χ0v) is 14.2. The number of ether oxygens (including phenoxy) is 2. The molecule has 0 bridgehead atoms. The number of nitrogens with zero attached hydrogens (tertiary/aromatic N) is 1. The molecule has 4 rings (SSSR count). The Hall–Kier alpha value is -2.47. The second kappa shape index (κ2) is 6.44. The van der Waals surface area contributed by atoms with Crippen molar-refractivity contribution in [3.63, 3.8) is 0 Å². The van der Waals surface area contributed by atoms with Crippen LogP contribution in [0.1, 0.15) is 46.3 Å². The van der Waals surface area contributed by atoms with Crippen LogP contribution in [0.2, 0.25) is 0 Å². The summed E-state index contributed by atoms with van der Waals surface area (Å²) < 4.78 is 17.2. The minimum absolute atomic E-state index is 0.218. The van der Waals surface area contributed by atoms with Gasteiger partial charge in [-0.05, 0) is 38.4 Å². The summed E-state index contributed by atoms with van der Waals surface area (Å²) in [6.07, 6.45) is 2.12. The number of furan rings is 1. The fourth-order valence-corrected chi connectivity index (χ4v) is 3.76. The summed E-state index contributed by atoms with van der Waals surface area (Å²) in [5.74, 6) is 1.83. The zero-order valence-electron chi connectivity index (χ0n) is 14.2. The maximum absolute atomic E-state index is 11.2. The average molecular weight is 343 g/mol. The summed E-state index contributed by atoms with van der Waals surface area (Å²) in [4.78, 5) is 13.5. The monoisotopic (exact) mass is 343 g/mol. The Morgan fingerprint density at radius 3 is 2.96 bits per heavy atom. The molecule has 1 N–H and O–H groups in total. The number of rotatable bonds is 4. The summed E-state index contributed by atoms with van der Waals surface area (Å²) >= 11 is 0. The standard InChI is InChI=1S/C19H21NO5/c1-12-15(19(21)22)10-13(25-12)11-20-7-3-5-16(20)14-4-2-6-17-18(14)24-9-8-23-17/h2,4,6,10,16H,3,5,7-9,11H2,1H3,(H,21,22). The van der Waals surface area contributed by atoms with Gasteiger partial charge in [-0.15, -0.1) is 0 Å². The van der Waals surface area contributed by atoms with Crippen LogP contribution in [0.3, 0.4) is 0 Å². The van der Waals surface area contributed by atoms with E-state index in [-0.39, 0.29) is 11.6 Å². The van der Waals surface area contributed by atoms with E-state index in [1.54, 1.807) is 13.0 Å². The molecule has 0 aliphatic carbocycles. The first kappa shape index (κ1) is 16.0. The van der Waals surface area contributed by atoms with Gasteiger partial charge in [-0.2, -0.15) is 0 Å². The number of para-hydroxylation sites is 1. The highest BCUT2D eigenvalue weighted by atomic mass is 16.6. The second-order valence-electron chi connectivity index (χ2n) is 6.49. The van der Waals surface area contributed by atoms with Crippen molar-refractivity contribution < 1.29 is 23.8 Å². The number of hydrogen-bond donors (Lipinski definition) is 1. The molecule has 0 radical (unpaired) electrons. The van der Waals surface area contributed by atoms with Crippen molar-refractivity contribution in [3.05, 3.63) is 46.9 Å². The molecule has 2 aliphatic heterocycles. The normalized spacial score (nSPS) is 20.0. The number of aromatic carboxylic acids is 1. The van der Waals surface area contributed by atoms with E-state index in [0.717, 1.165) is 36.4 Å². The number of benzene rings is 1. The Bertz CT molecular complexity index is 797. The highest BCUT2D eigenvalue weighted by Gasteiger charge is 2.31. The molecule has 132 valence electrons. The van der Waals surface area contributed by atoms with E-state index in [2.05, 4.69) is 11.0 Å². The third kappa shape index (κ3) is 2.98. The van der Waals surface area contributed by atoms with Crippen molar-refractivity contribution >= 4 is 5.97 Å². The first-order chi connectivity index (χ1) is 12.1. The molecule has 2 aliphatic rings. The second-order valence-corrected chi connectivity index (χ2v) is 6.49. The first-order valence-electron chi connectivity index (χ1n) is 8.58. The van der Waals surface area contributed by atoms with Gasteiger partial charge in [0.05, 0.1) is 6.54 Å². The number of hydrogen-bond acceptors (Lipinski definition) is 5. The third-order valence-corrected chi connectivity index (χ3v) is 4.88. The van der Waals surface area contributed by atoms with Gasteiger partial charge < -0.3 is 19.0 Å². The zero-order chi connectivity index (χ0) is 17.4. The summed E-state index contributed by atoms with van der Waals surface area (Å²) in [6.45, 7) is 4.36. The fraction of sp³-hybridized carbons (Fsp3) is 0.421. The Labute approximate surface area is 145 Å². The van der Waals surface area contributed by atoms with E-state index in [9.17, 15) is 9.90 Å². The van der Waals surface area contributed by atoms with Gasteiger partial charge in [0.15, 0.2) is 11.5 Å². The SMILES string of the molecule is Cc1oc(CN2CCCC2c2cccc3c2OCCO3)cc1C(=O)O. The summed E-state index contributed by atoms with van der Waals surface area (Å²) in [5.41, 5.74) is 1.37. The lowest BCUT2D eigenvalue weighted by atomic mass is 10.0. The number of carbonyl (C=O) groups is 1. The Kier molecular flexibility index (Phi) is 4.13. The predicted molar refractivity (Wildman–Crippen MR) is 90.2 cm³/mol. The molecule has 2 aromatic rings. The van der Waals surface area contributed by atoms with Crippen LogP contribution in [0.5, 0.6) is 11.5 Å². The van der Waals surface area contributed by atoms with Crippen molar-refractivity contribution in [1.82, 2.24) is 4.90 Å². The van der Waals surface area contributed by atoms with Crippen molar-refractivity contribution in [3.8, 4) is 11.5 Å². The van der Waals surface area contributed by atoms with E-state index in [1.165, 1.54) is 0 Å². The smallest absolute Gasteiger partial charge is 0.339 e. The molecular formula is C19H21NO5. The van der Waals surface area contributed by atoms with Gasteiger partial charge in [0.2, 0.25) is 0 Å². The highest BCUT2D eigenvalue weighted by molar-refractivity contribution is 5.88. The molecule has 0 amide bonds. The highest BCUT2D eigenvalue weighted by Crippen LogP contribution is 2.43. The maximum Gasteiger partial charge on any atom is 0.339 e. The molecule has 1 unspecified atom stereocenters. The largest absolute Gasteiger partial charge is 0.486 e. The summed E-state index contributed by atoms with van der Waals surface area (Å²) in [6, 6.07) is 7.88. The molecule has 25 heavy (non-hydrogen) atoms. The molecule has 0 saturated carbocycles. The van der Waals surface area contributed by atoms with Crippen molar-refractivity contribution in [2.24, 2.45) is 0 Å². The lowest BCUT2D eigenvalue weighted by molar-refractivity contribution is 0.0695. The first-order valence-corrected chi connectivity index (χ1v) is 8.58. The van der Waals surface area contributed by atoms with Crippen LogP contribution in [-0.2, 0) is 6.54 Å². The van der Waals surface area contributed by atoms with Gasteiger partial charge >= 0.3 is 5.97 Å². The quantitative estimate of drug-likeness (QED) is 0.917. The predicted octanol–water partition coefficient (Wildman–Crippen LogP) is 3.39. The molecule has 1 aromatic heterocycles. The number of aryl methyl sites for hydroxylation is 1. The number of carboxylic acids is 1. The lowest BCUT2D eigenvalue weighted by Crippen LogP contribution is -2.24. The van der Waals surface area contributed by atoms with Crippen LogP contribution in [-0.4, -0.2) is 35.7 Å². The van der Waals surface area contributed by atoms with Gasteiger partial charge in [0, 0.05) is 11.6 Å². The minimum atomic E-state index is -0.951. The van der Waals surface area contributed by atoms with Crippen LogP contribution in [0.25, 0.3) is 0 Å². The lowest BCUT2D eigenvalue weighted by Gasteiger charge is -2.28. The molecule has 3 heterocycles. The molecule has 0 spiro atoms. The Morgan fingerprint density at radius 1 is 1.32 bits per heavy atom. The van der Waals surface area contributed by atoms with Crippen LogP contribution in [0.15, 0.2) is 28.7 Å². The van der Waals surface area contributed by atoms with Crippen LogP contribution < -0.4 is 9.47 Å². The number of carboxylic acid groups (broad SMARTS) is 1. The van der Waals surface area contributed by atoms with Gasteiger partial charge in [-0.1, -0.05) is 12.1 Å². The van der Waals surface area contributed by atoms with E-state index in [1.807, 2.05) is 12.1 Å². The van der Waals surface area contributed by atoms with Gasteiger partial charge in [0.1, 0.15) is 30.3 Å². The average Bonchev–Trinajstić information content (AvgIpc) is 3.21. The maximum atomic E-state index is 11.2. The van der Waals surface area contributed by atoms with Gasteiger partial charge in [-0.3, -0.25) is 4.90 Å². The number of likely N-dealkylation sites (tertiary alicyclic amines) is 1. The summed E-state index contributed by atoms with van der Waals surface area (Å²) in [7, 11) is 0. The van der Waals surface area contributed by atoms with Crippen molar-refractivity contribution in [1.29, 1.82) is 0 Å². The van der Waals surface area contributed by atoms with Crippen LogP contribution >= 0.6 is 0 Å². The van der Waals surface area contributed by atoms with E-state index >= 15 is 0 Å². The van der Waals surface area contributed by atoms with Gasteiger partial charge in [0.25, 0.3) is 0 Å². The van der Waals surface area contributed by atoms with E-state index in [4.69, 9.17) is 13.9 Å². The van der Waals surface area contributed by atoms with E-state index in [0.29, 0.717) is 31.3 Å². The summed E-state index contributed by atoms with van der Waals surface area (Å²) in [5, 5.41) is 9.20. The molecular weight excluding hydrogens is 322 g/mol. The molecule has 1 saturated heterocycles. The molecule has 6 heteroatoms. The van der Waals surface area contributed by atoms with Gasteiger partial charge in [-0.25, -0.2) is 4.79 Å². The number of fused-ring (bicyclic) bond motifs is 1. The molecule has 1 aromatic carbocycles. The minimum Gasteiger partial charge on any atom is -0.486 e. The van der Waals surface area contributed by atoms with Crippen molar-refractivity contribution in [2.45, 2.75) is 32.4 Å². The Balaban J connectivity index is 1.59.